The van der Waals surface area contributed by atoms with Gasteiger partial charge in [-0.3, -0.25) is 10.2 Å². The molecule has 0 amide bonds. The lowest BCUT2D eigenvalue weighted by molar-refractivity contribution is -0.135. The van der Waals surface area contributed by atoms with Crippen molar-refractivity contribution in [2.24, 2.45) is 0 Å². The van der Waals surface area contributed by atoms with Gasteiger partial charge in [-0.25, -0.2) is 4.79 Å². The monoisotopic (exact) mass is 472 g/mol. The van der Waals surface area contributed by atoms with Gasteiger partial charge in [-0.2, -0.15) is 0 Å². The number of rotatable bonds is 12. The van der Waals surface area contributed by atoms with Crippen molar-refractivity contribution in [2.75, 3.05) is 6.61 Å². The summed E-state index contributed by atoms with van der Waals surface area (Å²) in [5.74, 6) is -0.802. The molecule has 0 heterocycles. The number of ether oxygens (including phenoxy) is 1. The molecule has 0 aromatic heterocycles. The molecule has 0 aliphatic heterocycles. The third-order valence-corrected chi connectivity index (χ3v) is 9.71. The predicted molar refractivity (Wildman–Crippen MR) is 141 cm³/mol. The van der Waals surface area contributed by atoms with Crippen LogP contribution in [0.5, 0.6) is 0 Å². The lowest BCUT2D eigenvalue weighted by atomic mass is 9.91. The van der Waals surface area contributed by atoms with Gasteiger partial charge in [0.05, 0.1) is 6.61 Å². The summed E-state index contributed by atoms with van der Waals surface area (Å²) >= 11 is 0. The zero-order valence-corrected chi connectivity index (χ0v) is 20.1. The summed E-state index contributed by atoms with van der Waals surface area (Å²) in [6, 6.07) is 29.4. The first-order chi connectivity index (χ1) is 16.7. The molecule has 173 valence electrons. The van der Waals surface area contributed by atoms with Gasteiger partial charge in [0.1, 0.15) is 11.7 Å². The van der Waals surface area contributed by atoms with Crippen molar-refractivity contribution in [1.82, 2.24) is 0 Å². The van der Waals surface area contributed by atoms with E-state index in [0.29, 0.717) is 12.7 Å². The number of hydrogen-bond acceptors (Lipinski definition) is 5. The molecule has 1 radical (unpaired) electrons. The molecule has 3 aromatic carbocycles. The Morgan fingerprint density at radius 2 is 1.32 bits per heavy atom. The molecule has 0 saturated heterocycles. The van der Waals surface area contributed by atoms with Gasteiger partial charge in [-0.1, -0.05) is 91.0 Å². The van der Waals surface area contributed by atoms with Gasteiger partial charge in [-0.15, -0.1) is 0 Å². The van der Waals surface area contributed by atoms with Gasteiger partial charge in [0.15, 0.2) is 5.78 Å². The number of benzene rings is 3. The average molecular weight is 472 g/mol. The fraction of sp³-hybridized carbons (Fsp3) is 0.185. The maximum atomic E-state index is 13.8. The van der Waals surface area contributed by atoms with Crippen LogP contribution in [-0.4, -0.2) is 37.5 Å². The van der Waals surface area contributed by atoms with Crippen LogP contribution < -0.4 is 15.9 Å². The van der Waals surface area contributed by atoms with E-state index in [1.807, 2.05) is 91.0 Å². The number of esters is 1. The molecule has 0 bridgehead atoms. The summed E-state index contributed by atoms with van der Waals surface area (Å²) < 4.78 is 10.4. The zero-order chi connectivity index (χ0) is 24.2. The van der Waals surface area contributed by atoms with E-state index in [0.717, 1.165) is 22.3 Å². The van der Waals surface area contributed by atoms with Crippen molar-refractivity contribution in [1.29, 1.82) is 5.41 Å². The Morgan fingerprint density at radius 3 is 1.74 bits per heavy atom. The van der Waals surface area contributed by atoms with E-state index in [9.17, 15) is 9.59 Å². The highest BCUT2D eigenvalue weighted by molar-refractivity contribution is 7.97. The second kappa shape index (κ2) is 12.8. The lowest BCUT2D eigenvalue weighted by Crippen LogP contribution is -2.38. The summed E-state index contributed by atoms with van der Waals surface area (Å²) in [7, 11) is 1.48. The fourth-order valence-corrected chi connectivity index (χ4v) is 8.36. The molecule has 0 saturated carbocycles. The van der Waals surface area contributed by atoms with Crippen LogP contribution in [0.15, 0.2) is 91.0 Å². The van der Waals surface area contributed by atoms with E-state index < -0.39 is 12.9 Å². The van der Waals surface area contributed by atoms with Crippen LogP contribution in [0.3, 0.4) is 0 Å². The highest BCUT2D eigenvalue weighted by atomic mass is 31.2. The molecule has 34 heavy (non-hydrogen) atoms. The Balaban J connectivity index is 2.37. The maximum Gasteiger partial charge on any atom is 0.371 e. The molecule has 0 aliphatic carbocycles. The molecule has 7 heteroatoms. The Hall–Kier alpha value is -3.37. The normalized spacial score (nSPS) is 10.7. The minimum atomic E-state index is -2.85. The Kier molecular flexibility index (Phi) is 9.48. The van der Waals surface area contributed by atoms with Gasteiger partial charge < -0.3 is 9.39 Å². The molecule has 0 spiro atoms. The van der Waals surface area contributed by atoms with Crippen molar-refractivity contribution in [2.45, 2.75) is 26.1 Å². The molecule has 3 aromatic rings. The van der Waals surface area contributed by atoms with Crippen molar-refractivity contribution in [3.63, 3.8) is 0 Å². The molecule has 5 nitrogen and oxygen atoms in total. The molecule has 0 fully saturated rings. The van der Waals surface area contributed by atoms with Gasteiger partial charge in [0, 0.05) is 6.42 Å². The van der Waals surface area contributed by atoms with Crippen LogP contribution >= 0.6 is 6.89 Å². The van der Waals surface area contributed by atoms with Crippen LogP contribution in [0.25, 0.3) is 0 Å². The Morgan fingerprint density at radius 1 is 0.853 bits per heavy atom. The maximum absolute atomic E-state index is 13.8. The first-order valence-corrected chi connectivity index (χ1v) is 13.0. The van der Waals surface area contributed by atoms with Crippen LogP contribution in [0.1, 0.15) is 19.8 Å². The van der Waals surface area contributed by atoms with Crippen LogP contribution in [0.4, 0.5) is 0 Å². The molecule has 0 unspecified atom stereocenters. The number of Topliss-reactive ketones (excluding diaryl/α,β-unsaturated/α-hetero) is 1. The first-order valence-electron chi connectivity index (χ1n) is 11.3. The van der Waals surface area contributed by atoms with Crippen LogP contribution in [0, 0.1) is 5.41 Å². The molecule has 3 rings (SSSR count). The molecule has 0 atom stereocenters. The van der Waals surface area contributed by atoms with E-state index in [2.05, 4.69) is 0 Å². The lowest BCUT2D eigenvalue weighted by Gasteiger charge is -2.31. The van der Waals surface area contributed by atoms with E-state index in [1.165, 1.54) is 7.48 Å². The second-order valence-corrected chi connectivity index (χ2v) is 10.8. The van der Waals surface area contributed by atoms with E-state index in [1.54, 1.807) is 6.92 Å². The minimum absolute atomic E-state index is 0.167. The number of carbonyl (C=O) groups excluding carboxylic acids is 2. The summed E-state index contributed by atoms with van der Waals surface area (Å²) in [6.07, 6.45) is 1.99. The Bertz CT molecular complexity index is 1050. The van der Waals surface area contributed by atoms with Crippen molar-refractivity contribution in [3.05, 3.63) is 91.0 Å². The molecule has 0 aliphatic rings. The number of ketones is 1. The van der Waals surface area contributed by atoms with Gasteiger partial charge in [-0.05, 0) is 42.5 Å². The van der Waals surface area contributed by atoms with Crippen LogP contribution in [-0.2, 0) is 19.0 Å². The fourth-order valence-electron chi connectivity index (χ4n) is 4.01. The topological polar surface area (TPSA) is 76.5 Å². The third kappa shape index (κ3) is 5.57. The predicted octanol–water partition coefficient (Wildman–Crippen LogP) is 3.73. The van der Waals surface area contributed by atoms with Gasteiger partial charge >= 0.3 is 13.5 Å². The number of carbonyl (C=O) groups is 2. The minimum Gasteiger partial charge on any atom is -0.556 e. The number of nitrogens with one attached hydrogen (secondary N) is 1. The number of hydrogen-bond donors (Lipinski definition) is 1. The SMILES string of the molecule is CCOC(=O)C(C(=O)CCC[B]OC=N)=P(c1ccccc1)(c1ccccc1)c1ccccc1. The highest BCUT2D eigenvalue weighted by Crippen LogP contribution is 2.46. The van der Waals surface area contributed by atoms with Gasteiger partial charge in [0.25, 0.3) is 0 Å². The van der Waals surface area contributed by atoms with Crippen molar-refractivity contribution < 1.29 is 19.0 Å². The highest BCUT2D eigenvalue weighted by Gasteiger charge is 2.37. The summed E-state index contributed by atoms with van der Waals surface area (Å²) in [6.45, 7) is -0.929. The van der Waals surface area contributed by atoms with Crippen molar-refractivity contribution >= 4 is 53.7 Å². The average Bonchev–Trinajstić information content (AvgIpc) is 2.88. The first kappa shape index (κ1) is 25.3. The molecule has 1 N–H and O–H groups in total. The smallest absolute Gasteiger partial charge is 0.371 e. The quantitative estimate of drug-likeness (QED) is 0.0830. The third-order valence-electron chi connectivity index (χ3n) is 5.39. The second-order valence-electron chi connectivity index (χ2n) is 7.48. The molecular formula is C27H28BNO4P. The zero-order valence-electron chi connectivity index (χ0n) is 19.2. The van der Waals surface area contributed by atoms with Gasteiger partial charge in [0.2, 0.25) is 0 Å². The van der Waals surface area contributed by atoms with E-state index in [4.69, 9.17) is 14.8 Å². The Labute approximate surface area is 201 Å². The molecular weight excluding hydrogens is 444 g/mol. The van der Waals surface area contributed by atoms with E-state index in [-0.39, 0.29) is 24.1 Å². The summed E-state index contributed by atoms with van der Waals surface area (Å²) in [5.41, 5.74) is 0. The standard InChI is InChI=1S/C27H28BNO4P/c1-2-32-27(31)26(25(30)19-12-20-28-33-21-29)34(22-13-6-3-7-14-22,23-15-8-4-9-16-23)24-17-10-5-11-18-24/h3-11,13-18,21,29H,2,12,19-20H2,1H3. The summed E-state index contributed by atoms with van der Waals surface area (Å²) in [5, 5.41) is 9.91. The largest absolute Gasteiger partial charge is 0.556 e. The summed E-state index contributed by atoms with van der Waals surface area (Å²) in [4.78, 5) is 27.4. The van der Waals surface area contributed by atoms with E-state index >= 15 is 0 Å². The van der Waals surface area contributed by atoms with Crippen molar-refractivity contribution in [3.8, 4) is 0 Å². The van der Waals surface area contributed by atoms with Crippen LogP contribution in [0.2, 0.25) is 6.32 Å².